The molecule has 0 saturated carbocycles. The van der Waals surface area contributed by atoms with Crippen molar-refractivity contribution in [3.8, 4) is 17.2 Å². The molecule has 0 aliphatic heterocycles. The molecule has 1 aliphatic rings. The first-order chi connectivity index (χ1) is 20.0. The molecule has 4 rings (SSSR count). The molecule has 0 amide bonds. The summed E-state index contributed by atoms with van der Waals surface area (Å²) in [6.07, 6.45) is 5.72. The monoisotopic (exact) mass is 556 g/mol. The first kappa shape index (κ1) is 29.5. The molecule has 7 heteroatoms. The fourth-order valence-corrected chi connectivity index (χ4v) is 4.64. The van der Waals surface area contributed by atoms with E-state index in [9.17, 15) is 9.59 Å². The van der Waals surface area contributed by atoms with Crippen molar-refractivity contribution in [2.45, 2.75) is 51.7 Å². The Hall–Kier alpha value is -4.52. The van der Waals surface area contributed by atoms with Gasteiger partial charge in [-0.2, -0.15) is 0 Å². The molecule has 3 aromatic rings. The van der Waals surface area contributed by atoms with E-state index in [1.54, 1.807) is 0 Å². The number of carbonyl (C=O) groups is 2. The van der Waals surface area contributed by atoms with E-state index in [0.717, 1.165) is 51.3 Å². The van der Waals surface area contributed by atoms with E-state index in [-0.39, 0.29) is 13.2 Å². The van der Waals surface area contributed by atoms with Gasteiger partial charge in [-0.05, 0) is 37.5 Å². The number of hydrogen-bond donors (Lipinski definition) is 0. The highest BCUT2D eigenvalue weighted by Crippen LogP contribution is 2.44. The first-order valence-corrected chi connectivity index (χ1v) is 13.9. The van der Waals surface area contributed by atoms with Crippen molar-refractivity contribution in [2.24, 2.45) is 0 Å². The lowest BCUT2D eigenvalue weighted by Crippen LogP contribution is -2.25. The summed E-state index contributed by atoms with van der Waals surface area (Å²) in [7, 11) is 0. The normalized spacial score (nSPS) is 13.7. The average molecular weight is 557 g/mol. The zero-order chi connectivity index (χ0) is 29.2. The second-order valence-corrected chi connectivity index (χ2v) is 9.59. The fraction of sp³-hybridized carbons (Fsp3) is 0.294. The standard InChI is InChI=1S/C34H36O7/c1-5-23(40-31(35)7-3)21-37-33-27-16-12-13-17-28(27)34(38-22-24(6-2)41-32(36)8-4)30-20-26(18-19-29(30)33)39-25-14-10-9-11-15-25/h7-18,23-24H,3-6,19-22H2,1-2H3. The van der Waals surface area contributed by atoms with Gasteiger partial charge in [-0.15, -0.1) is 0 Å². The maximum Gasteiger partial charge on any atom is 0.330 e. The van der Waals surface area contributed by atoms with Crippen LogP contribution in [0.3, 0.4) is 0 Å². The molecule has 214 valence electrons. The third-order valence-electron chi connectivity index (χ3n) is 6.84. The number of rotatable bonds is 14. The van der Waals surface area contributed by atoms with E-state index in [1.165, 1.54) is 0 Å². The van der Waals surface area contributed by atoms with Gasteiger partial charge in [0.25, 0.3) is 0 Å². The largest absolute Gasteiger partial charge is 0.489 e. The molecule has 1 aliphatic carbocycles. The zero-order valence-corrected chi connectivity index (χ0v) is 23.6. The van der Waals surface area contributed by atoms with Crippen LogP contribution in [0.4, 0.5) is 0 Å². The van der Waals surface area contributed by atoms with Crippen LogP contribution < -0.4 is 14.2 Å². The molecule has 41 heavy (non-hydrogen) atoms. The maximum absolute atomic E-state index is 11.9. The van der Waals surface area contributed by atoms with Crippen molar-refractivity contribution in [1.82, 2.24) is 0 Å². The highest BCUT2D eigenvalue weighted by atomic mass is 16.6. The number of allylic oxidation sites excluding steroid dienone is 2. The van der Waals surface area contributed by atoms with Gasteiger partial charge in [0, 0.05) is 40.5 Å². The molecular formula is C34H36O7. The van der Waals surface area contributed by atoms with Gasteiger partial charge in [0.1, 0.15) is 48.4 Å². The molecule has 0 bridgehead atoms. The Morgan fingerprint density at radius 3 is 1.80 bits per heavy atom. The summed E-state index contributed by atoms with van der Waals surface area (Å²) >= 11 is 0. The highest BCUT2D eigenvalue weighted by Gasteiger charge is 2.27. The number of ether oxygens (including phenoxy) is 5. The maximum atomic E-state index is 11.9. The van der Waals surface area contributed by atoms with Crippen molar-refractivity contribution in [2.75, 3.05) is 13.2 Å². The fourth-order valence-electron chi connectivity index (χ4n) is 4.64. The second kappa shape index (κ2) is 14.2. The molecule has 0 fully saturated rings. The van der Waals surface area contributed by atoms with Crippen LogP contribution in [0.5, 0.6) is 17.2 Å². The van der Waals surface area contributed by atoms with Crippen LogP contribution in [0.25, 0.3) is 10.8 Å². The number of hydrogen-bond acceptors (Lipinski definition) is 7. The van der Waals surface area contributed by atoms with Gasteiger partial charge in [0.15, 0.2) is 0 Å². The lowest BCUT2D eigenvalue weighted by atomic mass is 9.89. The first-order valence-electron chi connectivity index (χ1n) is 13.9. The number of esters is 2. The quantitative estimate of drug-likeness (QED) is 0.162. The van der Waals surface area contributed by atoms with Crippen LogP contribution in [0.2, 0.25) is 0 Å². The van der Waals surface area contributed by atoms with Gasteiger partial charge >= 0.3 is 11.9 Å². The van der Waals surface area contributed by atoms with Crippen molar-refractivity contribution < 1.29 is 33.3 Å². The Bertz CT molecular complexity index is 1420. The minimum Gasteiger partial charge on any atom is -0.489 e. The zero-order valence-electron chi connectivity index (χ0n) is 23.6. The SMILES string of the molecule is C=CC(=O)OC(CC)COc1c2c(c(OCC(CC)OC(=O)C=C)c3ccccc13)CC(Oc1ccccc1)=CC2. The molecular weight excluding hydrogens is 520 g/mol. The van der Waals surface area contributed by atoms with Crippen molar-refractivity contribution in [3.63, 3.8) is 0 Å². The van der Waals surface area contributed by atoms with Crippen LogP contribution in [-0.4, -0.2) is 37.4 Å². The Morgan fingerprint density at radius 1 is 0.780 bits per heavy atom. The van der Waals surface area contributed by atoms with Crippen LogP contribution in [0.15, 0.2) is 91.7 Å². The molecule has 0 spiro atoms. The molecule has 2 atom stereocenters. The van der Waals surface area contributed by atoms with E-state index in [4.69, 9.17) is 23.7 Å². The number of fused-ring (bicyclic) bond motifs is 2. The van der Waals surface area contributed by atoms with E-state index in [0.29, 0.717) is 31.4 Å². The van der Waals surface area contributed by atoms with E-state index in [2.05, 4.69) is 19.2 Å². The third-order valence-corrected chi connectivity index (χ3v) is 6.84. The Kier molecular flexibility index (Phi) is 10.2. The summed E-state index contributed by atoms with van der Waals surface area (Å²) in [5, 5.41) is 1.74. The van der Waals surface area contributed by atoms with Crippen molar-refractivity contribution in [3.05, 3.63) is 103 Å². The predicted molar refractivity (Wildman–Crippen MR) is 158 cm³/mol. The Balaban J connectivity index is 1.73. The van der Waals surface area contributed by atoms with Crippen LogP contribution in [0, 0.1) is 0 Å². The number of benzene rings is 3. The van der Waals surface area contributed by atoms with E-state index < -0.39 is 24.1 Å². The summed E-state index contributed by atoms with van der Waals surface area (Å²) < 4.78 is 30.0. The van der Waals surface area contributed by atoms with Gasteiger partial charge in [-0.3, -0.25) is 0 Å². The van der Waals surface area contributed by atoms with Crippen molar-refractivity contribution in [1.29, 1.82) is 0 Å². The lowest BCUT2D eigenvalue weighted by Gasteiger charge is -2.27. The summed E-state index contributed by atoms with van der Waals surface area (Å²) in [4.78, 5) is 23.7. The minimum absolute atomic E-state index is 0.181. The van der Waals surface area contributed by atoms with Gasteiger partial charge in [-0.1, -0.05) is 69.5 Å². The average Bonchev–Trinajstić information content (AvgIpc) is 3.01. The smallest absolute Gasteiger partial charge is 0.330 e. The lowest BCUT2D eigenvalue weighted by molar-refractivity contribution is -0.145. The Labute approximate surface area is 241 Å². The van der Waals surface area contributed by atoms with Gasteiger partial charge in [0.05, 0.1) is 0 Å². The Morgan fingerprint density at radius 2 is 1.29 bits per heavy atom. The van der Waals surface area contributed by atoms with Gasteiger partial charge in [-0.25, -0.2) is 9.59 Å². The van der Waals surface area contributed by atoms with Crippen molar-refractivity contribution >= 4 is 22.7 Å². The van der Waals surface area contributed by atoms with E-state index in [1.807, 2.05) is 68.4 Å². The predicted octanol–water partition coefficient (Wildman–Crippen LogP) is 6.67. The molecule has 0 saturated heterocycles. The topological polar surface area (TPSA) is 80.3 Å². The minimum atomic E-state index is -0.486. The van der Waals surface area contributed by atoms with Crippen LogP contribution >= 0.6 is 0 Å². The van der Waals surface area contributed by atoms with Crippen LogP contribution in [0.1, 0.15) is 37.8 Å². The van der Waals surface area contributed by atoms with Gasteiger partial charge in [0.2, 0.25) is 0 Å². The third kappa shape index (κ3) is 7.37. The summed E-state index contributed by atoms with van der Waals surface area (Å²) in [5.41, 5.74) is 1.91. The van der Waals surface area contributed by atoms with Crippen LogP contribution in [-0.2, 0) is 31.9 Å². The second-order valence-electron chi connectivity index (χ2n) is 9.59. The summed E-state index contributed by atoms with van der Waals surface area (Å²) in [6.45, 7) is 11.2. The highest BCUT2D eigenvalue weighted by molar-refractivity contribution is 5.96. The molecule has 7 nitrogen and oxygen atoms in total. The van der Waals surface area contributed by atoms with E-state index >= 15 is 0 Å². The number of carbonyl (C=O) groups excluding carboxylic acids is 2. The molecule has 3 aromatic carbocycles. The molecule has 0 aromatic heterocycles. The molecule has 0 heterocycles. The molecule has 0 N–H and O–H groups in total. The molecule has 0 radical (unpaired) electrons. The number of para-hydroxylation sites is 1. The molecule has 2 unspecified atom stereocenters. The summed E-state index contributed by atoms with van der Waals surface area (Å²) in [5.74, 6) is 1.99. The van der Waals surface area contributed by atoms with Gasteiger partial charge < -0.3 is 23.7 Å². The summed E-state index contributed by atoms with van der Waals surface area (Å²) in [6, 6.07) is 17.5.